The summed E-state index contributed by atoms with van der Waals surface area (Å²) in [4.78, 5) is 23.1. The largest absolute Gasteiger partial charge is 0.378 e. The van der Waals surface area contributed by atoms with Crippen molar-refractivity contribution < 1.29 is 9.53 Å². The van der Waals surface area contributed by atoms with Crippen LogP contribution in [-0.4, -0.2) is 46.6 Å². The van der Waals surface area contributed by atoms with Crippen LogP contribution in [0.25, 0.3) is 5.65 Å². The Hall–Kier alpha value is -2.93. The molecule has 0 aliphatic carbocycles. The number of hydrogen-bond acceptors (Lipinski definition) is 5. The van der Waals surface area contributed by atoms with Gasteiger partial charge in [0.1, 0.15) is 5.69 Å². The minimum absolute atomic E-state index is 0.107. The second-order valence-corrected chi connectivity index (χ2v) is 6.35. The number of rotatable bonds is 4. The van der Waals surface area contributed by atoms with E-state index in [1.165, 1.54) is 5.69 Å². The molecule has 1 atom stereocenters. The summed E-state index contributed by atoms with van der Waals surface area (Å²) in [6.45, 7) is 5.33. The Labute approximate surface area is 151 Å². The third kappa shape index (κ3) is 3.39. The van der Waals surface area contributed by atoms with Crippen molar-refractivity contribution in [2.24, 2.45) is 0 Å². The molecule has 1 fully saturated rings. The van der Waals surface area contributed by atoms with Gasteiger partial charge in [-0.2, -0.15) is 0 Å². The third-order valence-electron chi connectivity index (χ3n) is 4.61. The van der Waals surface area contributed by atoms with Gasteiger partial charge in [-0.25, -0.2) is 4.98 Å². The average molecular weight is 351 g/mol. The molecular weight excluding hydrogens is 330 g/mol. The van der Waals surface area contributed by atoms with Gasteiger partial charge in [0.25, 0.3) is 5.91 Å². The normalized spacial score (nSPS) is 15.8. The quantitative estimate of drug-likeness (QED) is 0.779. The lowest BCUT2D eigenvalue weighted by atomic mass is 10.1. The lowest BCUT2D eigenvalue weighted by Gasteiger charge is -2.29. The number of fused-ring (bicyclic) bond motifs is 1. The number of nitrogens with one attached hydrogen (secondary N) is 1. The molecule has 7 nitrogen and oxygen atoms in total. The number of ether oxygens (including phenoxy) is 1. The average Bonchev–Trinajstić information content (AvgIpc) is 3.13. The molecule has 3 heterocycles. The molecule has 7 heteroatoms. The number of nitrogens with zero attached hydrogens (tertiary/aromatic N) is 4. The van der Waals surface area contributed by atoms with Crippen molar-refractivity contribution in [1.82, 2.24) is 19.7 Å². The maximum absolute atomic E-state index is 12.5. The van der Waals surface area contributed by atoms with Crippen molar-refractivity contribution in [1.29, 1.82) is 0 Å². The molecule has 0 radical (unpaired) electrons. The molecule has 3 aromatic rings. The van der Waals surface area contributed by atoms with E-state index in [0.29, 0.717) is 11.3 Å². The second kappa shape index (κ2) is 7.13. The molecule has 1 unspecified atom stereocenters. The molecule has 26 heavy (non-hydrogen) atoms. The van der Waals surface area contributed by atoms with Crippen LogP contribution in [0.2, 0.25) is 0 Å². The first-order chi connectivity index (χ1) is 12.7. The fourth-order valence-electron chi connectivity index (χ4n) is 3.10. The van der Waals surface area contributed by atoms with Gasteiger partial charge >= 0.3 is 0 Å². The Balaban J connectivity index is 1.43. The topological polar surface area (TPSA) is 71.8 Å². The fourth-order valence-corrected chi connectivity index (χ4v) is 3.10. The Bertz CT molecular complexity index is 867. The molecule has 1 aromatic carbocycles. The van der Waals surface area contributed by atoms with Crippen molar-refractivity contribution in [2.45, 2.75) is 13.0 Å². The Morgan fingerprint density at radius 3 is 2.73 bits per heavy atom. The van der Waals surface area contributed by atoms with Crippen LogP contribution in [-0.2, 0) is 4.74 Å². The van der Waals surface area contributed by atoms with E-state index in [0.717, 1.165) is 31.9 Å². The summed E-state index contributed by atoms with van der Waals surface area (Å²) in [5, 5.41) is 3.00. The molecule has 1 aliphatic heterocycles. The standard InChI is InChI=1S/C19H21N5O2/c1-14(15-2-4-16(5-3-15)23-8-10-26-11-9-23)21-19(25)17-13-24-7-6-20-12-18(24)22-17/h2-7,12-14H,8-11H2,1H3,(H,21,25). The van der Waals surface area contributed by atoms with E-state index in [9.17, 15) is 4.79 Å². The Morgan fingerprint density at radius 1 is 1.23 bits per heavy atom. The van der Waals surface area contributed by atoms with E-state index in [1.807, 2.05) is 6.92 Å². The summed E-state index contributed by atoms with van der Waals surface area (Å²) in [6.07, 6.45) is 6.77. The highest BCUT2D eigenvalue weighted by atomic mass is 16.5. The summed E-state index contributed by atoms with van der Waals surface area (Å²) in [5.41, 5.74) is 3.28. The summed E-state index contributed by atoms with van der Waals surface area (Å²) in [5.74, 6) is -0.196. The molecule has 2 aromatic heterocycles. The van der Waals surface area contributed by atoms with Crippen molar-refractivity contribution in [3.63, 3.8) is 0 Å². The monoisotopic (exact) mass is 351 g/mol. The van der Waals surface area contributed by atoms with Crippen molar-refractivity contribution >= 4 is 17.2 Å². The van der Waals surface area contributed by atoms with Gasteiger partial charge in [0.15, 0.2) is 5.65 Å². The number of aromatic nitrogens is 3. The van der Waals surface area contributed by atoms with Crippen LogP contribution < -0.4 is 10.2 Å². The summed E-state index contributed by atoms with van der Waals surface area (Å²) < 4.78 is 7.17. The minimum atomic E-state index is -0.196. The molecule has 1 amide bonds. The zero-order valence-corrected chi connectivity index (χ0v) is 14.6. The van der Waals surface area contributed by atoms with Gasteiger partial charge in [-0.15, -0.1) is 0 Å². The number of benzene rings is 1. The van der Waals surface area contributed by atoms with Crippen LogP contribution in [0.15, 0.2) is 49.1 Å². The van der Waals surface area contributed by atoms with Gasteiger partial charge in [0, 0.05) is 37.4 Å². The number of imidazole rings is 1. The SMILES string of the molecule is CC(NC(=O)c1cn2ccncc2n1)c1ccc(N2CCOCC2)cc1. The first-order valence-electron chi connectivity index (χ1n) is 8.73. The lowest BCUT2D eigenvalue weighted by molar-refractivity contribution is 0.0935. The lowest BCUT2D eigenvalue weighted by Crippen LogP contribution is -2.36. The van der Waals surface area contributed by atoms with Crippen LogP contribution in [0.1, 0.15) is 29.0 Å². The number of anilines is 1. The highest BCUT2D eigenvalue weighted by molar-refractivity contribution is 5.93. The van der Waals surface area contributed by atoms with Gasteiger partial charge in [-0.1, -0.05) is 12.1 Å². The third-order valence-corrected chi connectivity index (χ3v) is 4.61. The number of carbonyl (C=O) groups excluding carboxylic acids is 1. The first-order valence-corrected chi connectivity index (χ1v) is 8.73. The summed E-state index contributed by atoms with van der Waals surface area (Å²) >= 11 is 0. The highest BCUT2D eigenvalue weighted by Gasteiger charge is 2.16. The molecule has 1 N–H and O–H groups in total. The molecule has 0 bridgehead atoms. The van der Waals surface area contributed by atoms with E-state index in [2.05, 4.69) is 44.5 Å². The Morgan fingerprint density at radius 2 is 2.00 bits per heavy atom. The van der Waals surface area contributed by atoms with E-state index >= 15 is 0 Å². The van der Waals surface area contributed by atoms with E-state index in [1.54, 1.807) is 29.2 Å². The minimum Gasteiger partial charge on any atom is -0.378 e. The number of hydrogen-bond donors (Lipinski definition) is 1. The maximum atomic E-state index is 12.5. The predicted octanol–water partition coefficient (Wildman–Crippen LogP) is 2.06. The smallest absolute Gasteiger partial charge is 0.271 e. The van der Waals surface area contributed by atoms with Crippen molar-refractivity contribution in [2.75, 3.05) is 31.2 Å². The molecule has 0 saturated carbocycles. The van der Waals surface area contributed by atoms with Gasteiger partial charge in [0.05, 0.1) is 25.5 Å². The van der Waals surface area contributed by atoms with Crippen molar-refractivity contribution in [3.8, 4) is 0 Å². The van der Waals surface area contributed by atoms with E-state index < -0.39 is 0 Å². The Kier molecular flexibility index (Phi) is 4.53. The molecule has 4 rings (SSSR count). The summed E-state index contributed by atoms with van der Waals surface area (Å²) in [7, 11) is 0. The number of carbonyl (C=O) groups is 1. The van der Waals surface area contributed by atoms with Crippen LogP contribution in [0.5, 0.6) is 0 Å². The maximum Gasteiger partial charge on any atom is 0.271 e. The number of morpholine rings is 1. The molecule has 1 aliphatic rings. The molecule has 134 valence electrons. The van der Waals surface area contributed by atoms with Crippen LogP contribution in [0, 0.1) is 0 Å². The zero-order chi connectivity index (χ0) is 17.9. The highest BCUT2D eigenvalue weighted by Crippen LogP contribution is 2.20. The first kappa shape index (κ1) is 16.5. The van der Waals surface area contributed by atoms with Crippen LogP contribution in [0.3, 0.4) is 0 Å². The van der Waals surface area contributed by atoms with Gasteiger partial charge in [-0.05, 0) is 24.6 Å². The van der Waals surface area contributed by atoms with E-state index in [-0.39, 0.29) is 11.9 Å². The molecule has 1 saturated heterocycles. The number of amides is 1. The van der Waals surface area contributed by atoms with Crippen molar-refractivity contribution in [3.05, 3.63) is 60.3 Å². The molecule has 0 spiro atoms. The van der Waals surface area contributed by atoms with Gasteiger partial charge < -0.3 is 19.4 Å². The van der Waals surface area contributed by atoms with Crippen LogP contribution in [0.4, 0.5) is 5.69 Å². The van der Waals surface area contributed by atoms with Gasteiger partial charge in [0.2, 0.25) is 0 Å². The van der Waals surface area contributed by atoms with Crippen LogP contribution >= 0.6 is 0 Å². The zero-order valence-electron chi connectivity index (χ0n) is 14.6. The fraction of sp³-hybridized carbons (Fsp3) is 0.316. The van der Waals surface area contributed by atoms with Gasteiger partial charge in [-0.3, -0.25) is 9.78 Å². The predicted molar refractivity (Wildman–Crippen MR) is 98.3 cm³/mol. The van der Waals surface area contributed by atoms with E-state index in [4.69, 9.17) is 4.74 Å². The molecular formula is C19H21N5O2. The second-order valence-electron chi connectivity index (χ2n) is 6.35. The summed E-state index contributed by atoms with van der Waals surface area (Å²) in [6, 6.07) is 8.20.